The molecule has 0 fully saturated rings. The first-order chi connectivity index (χ1) is 8.04. The standard InChI is InChI=1S/C14H18N2O/c1-4-16-8-12(14(17)10(3)15)11-7-9(2)5-6-13(11)16/h5-8,10H,4,15H2,1-3H3. The monoisotopic (exact) mass is 230 g/mol. The zero-order chi connectivity index (χ0) is 12.6. The topological polar surface area (TPSA) is 48.0 Å². The second kappa shape index (κ2) is 4.34. The van der Waals surface area contributed by atoms with Gasteiger partial charge >= 0.3 is 0 Å². The highest BCUT2D eigenvalue weighted by molar-refractivity contribution is 6.10. The summed E-state index contributed by atoms with van der Waals surface area (Å²) in [5.41, 5.74) is 8.68. The number of ketones is 1. The highest BCUT2D eigenvalue weighted by Crippen LogP contribution is 2.23. The molecule has 1 heterocycles. The zero-order valence-corrected chi connectivity index (χ0v) is 10.5. The van der Waals surface area contributed by atoms with Crippen molar-refractivity contribution in [3.8, 4) is 0 Å². The van der Waals surface area contributed by atoms with Gasteiger partial charge in [0.05, 0.1) is 6.04 Å². The molecule has 0 spiro atoms. The number of nitrogens with zero attached hydrogens (tertiary/aromatic N) is 1. The minimum absolute atomic E-state index is 0.00722. The van der Waals surface area contributed by atoms with Crippen LogP contribution in [0.1, 0.15) is 29.8 Å². The quantitative estimate of drug-likeness (QED) is 0.823. The molecule has 0 saturated carbocycles. The summed E-state index contributed by atoms with van der Waals surface area (Å²) in [6.07, 6.45) is 1.91. The number of rotatable bonds is 3. The molecule has 90 valence electrons. The average molecular weight is 230 g/mol. The van der Waals surface area contributed by atoms with Gasteiger partial charge in [-0.3, -0.25) is 4.79 Å². The van der Waals surface area contributed by atoms with E-state index >= 15 is 0 Å². The number of carbonyl (C=O) groups is 1. The predicted octanol–water partition coefficient (Wildman–Crippen LogP) is 2.50. The summed E-state index contributed by atoms with van der Waals surface area (Å²) in [4.78, 5) is 12.1. The van der Waals surface area contributed by atoms with E-state index in [9.17, 15) is 4.79 Å². The molecular formula is C14H18N2O. The molecular weight excluding hydrogens is 212 g/mol. The van der Waals surface area contributed by atoms with E-state index in [4.69, 9.17) is 5.73 Å². The number of aryl methyl sites for hydroxylation is 2. The Bertz CT molecular complexity index is 567. The van der Waals surface area contributed by atoms with Gasteiger partial charge in [0.2, 0.25) is 0 Å². The van der Waals surface area contributed by atoms with E-state index in [1.165, 1.54) is 0 Å². The Morgan fingerprint density at radius 3 is 2.76 bits per heavy atom. The van der Waals surface area contributed by atoms with Gasteiger partial charge < -0.3 is 10.3 Å². The van der Waals surface area contributed by atoms with Crippen LogP contribution in [0, 0.1) is 6.92 Å². The van der Waals surface area contributed by atoms with Gasteiger partial charge in [-0.2, -0.15) is 0 Å². The van der Waals surface area contributed by atoms with Crippen molar-refractivity contribution >= 4 is 16.7 Å². The van der Waals surface area contributed by atoms with E-state index in [1.807, 2.05) is 13.1 Å². The first kappa shape index (κ1) is 11.9. The molecule has 2 aromatic rings. The summed E-state index contributed by atoms with van der Waals surface area (Å²) < 4.78 is 2.09. The molecule has 2 rings (SSSR count). The van der Waals surface area contributed by atoms with Gasteiger partial charge in [-0.15, -0.1) is 0 Å². The van der Waals surface area contributed by atoms with Gasteiger partial charge in [0, 0.05) is 29.2 Å². The van der Waals surface area contributed by atoms with E-state index in [0.717, 1.165) is 28.6 Å². The van der Waals surface area contributed by atoms with Crippen LogP contribution in [-0.4, -0.2) is 16.4 Å². The van der Waals surface area contributed by atoms with Crippen LogP contribution in [0.5, 0.6) is 0 Å². The first-order valence-electron chi connectivity index (χ1n) is 5.94. The number of benzene rings is 1. The van der Waals surface area contributed by atoms with Gasteiger partial charge in [-0.05, 0) is 32.9 Å². The summed E-state index contributed by atoms with van der Waals surface area (Å²) in [6, 6.07) is 5.73. The third kappa shape index (κ3) is 1.98. The lowest BCUT2D eigenvalue weighted by Crippen LogP contribution is -2.26. The number of hydrogen-bond acceptors (Lipinski definition) is 2. The molecule has 1 aromatic carbocycles. The van der Waals surface area contributed by atoms with Crippen LogP contribution in [0.4, 0.5) is 0 Å². The summed E-state index contributed by atoms with van der Waals surface area (Å²) in [6.45, 7) is 6.68. The Labute approximate surface area is 101 Å². The van der Waals surface area contributed by atoms with Gasteiger partial charge in [0.25, 0.3) is 0 Å². The summed E-state index contributed by atoms with van der Waals surface area (Å²) >= 11 is 0. The van der Waals surface area contributed by atoms with Crippen LogP contribution in [0.3, 0.4) is 0 Å². The Morgan fingerprint density at radius 1 is 1.47 bits per heavy atom. The van der Waals surface area contributed by atoms with E-state index in [1.54, 1.807) is 6.92 Å². The number of aromatic nitrogens is 1. The highest BCUT2D eigenvalue weighted by Gasteiger charge is 2.17. The van der Waals surface area contributed by atoms with Crippen LogP contribution in [0.25, 0.3) is 10.9 Å². The summed E-state index contributed by atoms with van der Waals surface area (Å²) in [5.74, 6) is 0.00722. The molecule has 1 aromatic heterocycles. The molecule has 1 atom stereocenters. The number of fused-ring (bicyclic) bond motifs is 1. The zero-order valence-electron chi connectivity index (χ0n) is 10.5. The van der Waals surface area contributed by atoms with Crippen LogP contribution in [0.2, 0.25) is 0 Å². The summed E-state index contributed by atoms with van der Waals surface area (Å²) in [7, 11) is 0. The van der Waals surface area contributed by atoms with Gasteiger partial charge in [-0.25, -0.2) is 0 Å². The lowest BCUT2D eigenvalue weighted by Gasteiger charge is -2.02. The van der Waals surface area contributed by atoms with E-state index in [2.05, 4.69) is 29.7 Å². The number of carbonyl (C=O) groups excluding carboxylic acids is 1. The fourth-order valence-corrected chi connectivity index (χ4v) is 2.11. The molecule has 0 aliphatic rings. The van der Waals surface area contributed by atoms with Gasteiger partial charge in [0.1, 0.15) is 0 Å². The van der Waals surface area contributed by atoms with Gasteiger partial charge in [0.15, 0.2) is 5.78 Å². The molecule has 0 aliphatic heterocycles. The lowest BCUT2D eigenvalue weighted by atomic mass is 10.0. The van der Waals surface area contributed by atoms with Crippen LogP contribution in [0.15, 0.2) is 24.4 Å². The van der Waals surface area contributed by atoms with Crippen molar-refractivity contribution < 1.29 is 4.79 Å². The molecule has 0 saturated heterocycles. The minimum atomic E-state index is -0.452. The normalized spacial score (nSPS) is 12.9. The maximum absolute atomic E-state index is 12.1. The third-order valence-corrected chi connectivity index (χ3v) is 3.06. The van der Waals surface area contributed by atoms with Crippen LogP contribution >= 0.6 is 0 Å². The molecule has 0 bridgehead atoms. The second-order valence-electron chi connectivity index (χ2n) is 4.50. The second-order valence-corrected chi connectivity index (χ2v) is 4.50. The van der Waals surface area contributed by atoms with Crippen LogP contribution in [-0.2, 0) is 6.54 Å². The highest BCUT2D eigenvalue weighted by atomic mass is 16.1. The van der Waals surface area contributed by atoms with Crippen molar-refractivity contribution in [2.24, 2.45) is 5.73 Å². The Morgan fingerprint density at radius 2 is 2.18 bits per heavy atom. The van der Waals surface area contributed by atoms with Crippen molar-refractivity contribution in [1.29, 1.82) is 0 Å². The van der Waals surface area contributed by atoms with Crippen LogP contribution < -0.4 is 5.73 Å². The van der Waals surface area contributed by atoms with Crippen molar-refractivity contribution in [2.75, 3.05) is 0 Å². The fourth-order valence-electron chi connectivity index (χ4n) is 2.11. The smallest absolute Gasteiger partial charge is 0.181 e. The maximum atomic E-state index is 12.1. The average Bonchev–Trinajstić information content (AvgIpc) is 2.65. The number of Topliss-reactive ketones (excluding diaryl/α,β-unsaturated/α-hetero) is 1. The number of hydrogen-bond donors (Lipinski definition) is 1. The molecule has 0 amide bonds. The molecule has 0 radical (unpaired) electrons. The van der Waals surface area contributed by atoms with E-state index < -0.39 is 6.04 Å². The molecule has 1 unspecified atom stereocenters. The maximum Gasteiger partial charge on any atom is 0.181 e. The van der Waals surface area contributed by atoms with Crippen molar-refractivity contribution in [2.45, 2.75) is 33.4 Å². The third-order valence-electron chi connectivity index (χ3n) is 3.06. The van der Waals surface area contributed by atoms with E-state index in [0.29, 0.717) is 0 Å². The van der Waals surface area contributed by atoms with Crippen molar-refractivity contribution in [1.82, 2.24) is 4.57 Å². The number of nitrogens with two attached hydrogens (primary N) is 1. The van der Waals surface area contributed by atoms with Crippen molar-refractivity contribution in [3.63, 3.8) is 0 Å². The van der Waals surface area contributed by atoms with Gasteiger partial charge in [-0.1, -0.05) is 11.6 Å². The van der Waals surface area contributed by atoms with E-state index in [-0.39, 0.29) is 5.78 Å². The van der Waals surface area contributed by atoms with Crippen molar-refractivity contribution in [3.05, 3.63) is 35.5 Å². The summed E-state index contributed by atoms with van der Waals surface area (Å²) in [5, 5.41) is 1.01. The molecule has 3 nitrogen and oxygen atoms in total. The molecule has 0 aliphatic carbocycles. The largest absolute Gasteiger partial charge is 0.347 e. The fraction of sp³-hybridized carbons (Fsp3) is 0.357. The molecule has 3 heteroatoms. The predicted molar refractivity (Wildman–Crippen MR) is 70.3 cm³/mol. The Balaban J connectivity index is 2.71. The molecule has 17 heavy (non-hydrogen) atoms. The Hall–Kier alpha value is -1.61. The first-order valence-corrected chi connectivity index (χ1v) is 5.94. The molecule has 2 N–H and O–H groups in total. The SMILES string of the molecule is CCn1cc(C(=O)C(C)N)c2cc(C)ccc21. The Kier molecular flexibility index (Phi) is 3.03. The lowest BCUT2D eigenvalue weighted by molar-refractivity contribution is 0.0969. The minimum Gasteiger partial charge on any atom is -0.347 e.